The fourth-order valence-corrected chi connectivity index (χ4v) is 1.20. The molecule has 0 aromatic heterocycles. The smallest absolute Gasteiger partial charge is 0.308 e. The van der Waals surface area contributed by atoms with E-state index in [-0.39, 0.29) is 17.4 Å². The number of rotatable bonds is 6. The van der Waals surface area contributed by atoms with Crippen molar-refractivity contribution < 1.29 is 9.53 Å². The van der Waals surface area contributed by atoms with Crippen molar-refractivity contribution in [1.82, 2.24) is 5.32 Å². The number of hydrogen-bond acceptors (Lipinski definition) is 3. The second kappa shape index (κ2) is 4.78. The number of ether oxygens (including phenoxy) is 1. The molecule has 0 unspecified atom stereocenters. The lowest BCUT2D eigenvalue weighted by Gasteiger charge is -2.25. The lowest BCUT2D eigenvalue weighted by atomic mass is 10.1. The molecule has 0 aromatic rings. The molecule has 1 saturated carbocycles. The summed E-state index contributed by atoms with van der Waals surface area (Å²) in [6.07, 6.45) is 3.13. The van der Waals surface area contributed by atoms with Crippen molar-refractivity contribution >= 4 is 5.97 Å². The molecule has 3 heteroatoms. The third-order valence-corrected chi connectivity index (χ3v) is 2.34. The maximum Gasteiger partial charge on any atom is 0.308 e. The van der Waals surface area contributed by atoms with Crippen LogP contribution >= 0.6 is 0 Å². The molecule has 0 heterocycles. The number of hydrogen-bond donors (Lipinski definition) is 1. The summed E-state index contributed by atoms with van der Waals surface area (Å²) in [7, 11) is 0. The molecular formula is C11H21NO2. The second-order valence-electron chi connectivity index (χ2n) is 4.69. The molecular weight excluding hydrogens is 178 g/mol. The Hall–Kier alpha value is -0.570. The predicted octanol–water partition coefficient (Wildman–Crippen LogP) is 1.72. The first-order chi connectivity index (χ1) is 6.55. The topological polar surface area (TPSA) is 38.3 Å². The number of carbonyl (C=O) groups is 1. The van der Waals surface area contributed by atoms with Crippen molar-refractivity contribution in [1.29, 1.82) is 0 Å². The zero-order valence-electron chi connectivity index (χ0n) is 9.43. The van der Waals surface area contributed by atoms with Gasteiger partial charge in [-0.15, -0.1) is 0 Å². The largest absolute Gasteiger partial charge is 0.464 e. The summed E-state index contributed by atoms with van der Waals surface area (Å²) in [5, 5.41) is 3.35. The molecule has 1 aliphatic rings. The third-order valence-electron chi connectivity index (χ3n) is 2.34. The highest BCUT2D eigenvalue weighted by atomic mass is 16.5. The van der Waals surface area contributed by atoms with Crippen LogP contribution in [0.3, 0.4) is 0 Å². The van der Waals surface area contributed by atoms with E-state index in [1.165, 1.54) is 0 Å². The summed E-state index contributed by atoms with van der Waals surface area (Å²) in [6, 6.07) is 0. The number of carbonyl (C=O) groups excluding carboxylic acids is 1. The van der Waals surface area contributed by atoms with Gasteiger partial charge in [-0.2, -0.15) is 0 Å². The Morgan fingerprint density at radius 3 is 2.64 bits per heavy atom. The molecule has 14 heavy (non-hydrogen) atoms. The van der Waals surface area contributed by atoms with E-state index in [2.05, 4.69) is 26.1 Å². The van der Waals surface area contributed by atoms with Crippen LogP contribution < -0.4 is 5.32 Å². The maximum atomic E-state index is 11.3. The van der Waals surface area contributed by atoms with Gasteiger partial charge in [0.25, 0.3) is 0 Å². The van der Waals surface area contributed by atoms with E-state index < -0.39 is 0 Å². The third kappa shape index (κ3) is 4.09. The van der Waals surface area contributed by atoms with Crippen molar-refractivity contribution in [2.75, 3.05) is 13.2 Å². The van der Waals surface area contributed by atoms with E-state index in [9.17, 15) is 4.79 Å². The average Bonchev–Trinajstić information content (AvgIpc) is 2.94. The predicted molar refractivity (Wildman–Crippen MR) is 56.1 cm³/mol. The lowest BCUT2D eigenvalue weighted by molar-refractivity contribution is -0.147. The summed E-state index contributed by atoms with van der Waals surface area (Å²) >= 11 is 0. The fourth-order valence-electron chi connectivity index (χ4n) is 1.20. The van der Waals surface area contributed by atoms with Gasteiger partial charge >= 0.3 is 5.97 Å². The van der Waals surface area contributed by atoms with Crippen molar-refractivity contribution in [3.05, 3.63) is 0 Å². The Balaban J connectivity index is 2.16. The minimum absolute atomic E-state index is 0.0172. The number of nitrogens with one attached hydrogen (secondary N) is 1. The van der Waals surface area contributed by atoms with Crippen LogP contribution in [0, 0.1) is 5.92 Å². The maximum absolute atomic E-state index is 11.3. The van der Waals surface area contributed by atoms with Gasteiger partial charge < -0.3 is 10.1 Å². The van der Waals surface area contributed by atoms with Crippen LogP contribution in [0.1, 0.15) is 40.0 Å². The van der Waals surface area contributed by atoms with Crippen LogP contribution in [0.2, 0.25) is 0 Å². The molecule has 0 amide bonds. The molecule has 0 aromatic carbocycles. The monoisotopic (exact) mass is 199 g/mol. The Morgan fingerprint density at radius 1 is 1.50 bits per heavy atom. The standard InChI is InChI=1S/C11H21NO2/c1-4-7-12-11(2,3)8-14-10(13)9-5-6-9/h9,12H,4-8H2,1-3H3. The summed E-state index contributed by atoms with van der Waals surface area (Å²) in [5.41, 5.74) is -0.0967. The highest BCUT2D eigenvalue weighted by Crippen LogP contribution is 2.30. The van der Waals surface area contributed by atoms with Gasteiger partial charge in [-0.3, -0.25) is 4.79 Å². The van der Waals surface area contributed by atoms with E-state index in [1.54, 1.807) is 0 Å². The minimum Gasteiger partial charge on any atom is -0.464 e. The lowest BCUT2D eigenvalue weighted by Crippen LogP contribution is -2.44. The summed E-state index contributed by atoms with van der Waals surface area (Å²) in [6.45, 7) is 7.68. The van der Waals surface area contributed by atoms with Gasteiger partial charge in [0.2, 0.25) is 0 Å². The molecule has 0 bridgehead atoms. The molecule has 0 aliphatic heterocycles. The van der Waals surface area contributed by atoms with Crippen molar-refractivity contribution in [2.24, 2.45) is 5.92 Å². The van der Waals surface area contributed by atoms with Gasteiger partial charge in [0.15, 0.2) is 0 Å². The first kappa shape index (κ1) is 11.5. The zero-order chi connectivity index (χ0) is 10.6. The van der Waals surface area contributed by atoms with Crippen molar-refractivity contribution in [3.8, 4) is 0 Å². The van der Waals surface area contributed by atoms with Crippen molar-refractivity contribution in [3.63, 3.8) is 0 Å². The molecule has 1 fully saturated rings. The van der Waals surface area contributed by atoms with Crippen LogP contribution in [0.5, 0.6) is 0 Å². The van der Waals surface area contributed by atoms with E-state index in [1.807, 2.05) is 0 Å². The minimum atomic E-state index is -0.0967. The number of esters is 1. The molecule has 1 rings (SSSR count). The molecule has 1 aliphatic carbocycles. The quantitative estimate of drug-likeness (QED) is 0.662. The fraction of sp³-hybridized carbons (Fsp3) is 0.909. The van der Waals surface area contributed by atoms with E-state index in [4.69, 9.17) is 4.74 Å². The highest BCUT2D eigenvalue weighted by molar-refractivity contribution is 5.74. The van der Waals surface area contributed by atoms with Gasteiger partial charge in [-0.05, 0) is 39.7 Å². The van der Waals surface area contributed by atoms with Gasteiger partial charge in [-0.1, -0.05) is 6.92 Å². The van der Waals surface area contributed by atoms with Crippen LogP contribution in [-0.4, -0.2) is 24.7 Å². The Labute approximate surface area is 86.2 Å². The van der Waals surface area contributed by atoms with Gasteiger partial charge in [0.05, 0.1) is 5.92 Å². The highest BCUT2D eigenvalue weighted by Gasteiger charge is 2.32. The van der Waals surface area contributed by atoms with Crippen LogP contribution in [0.25, 0.3) is 0 Å². The molecule has 0 atom stereocenters. The SMILES string of the molecule is CCCNC(C)(C)COC(=O)C1CC1. The molecule has 82 valence electrons. The second-order valence-corrected chi connectivity index (χ2v) is 4.69. The summed E-state index contributed by atoms with van der Waals surface area (Å²) in [4.78, 5) is 11.3. The Morgan fingerprint density at radius 2 is 2.14 bits per heavy atom. The van der Waals surface area contributed by atoms with Crippen molar-refractivity contribution in [2.45, 2.75) is 45.6 Å². The molecule has 0 saturated heterocycles. The van der Waals surface area contributed by atoms with Crippen LogP contribution in [0.15, 0.2) is 0 Å². The zero-order valence-corrected chi connectivity index (χ0v) is 9.43. The Bertz CT molecular complexity index is 197. The van der Waals surface area contributed by atoms with Gasteiger partial charge in [-0.25, -0.2) is 0 Å². The molecule has 3 nitrogen and oxygen atoms in total. The van der Waals surface area contributed by atoms with Crippen LogP contribution in [-0.2, 0) is 9.53 Å². The average molecular weight is 199 g/mol. The van der Waals surface area contributed by atoms with Gasteiger partial charge in [0.1, 0.15) is 6.61 Å². The first-order valence-electron chi connectivity index (χ1n) is 5.47. The summed E-state index contributed by atoms with van der Waals surface area (Å²) < 4.78 is 5.23. The van der Waals surface area contributed by atoms with E-state index >= 15 is 0 Å². The molecule has 0 spiro atoms. The first-order valence-corrected chi connectivity index (χ1v) is 5.47. The Kier molecular flexibility index (Phi) is 3.93. The van der Waals surface area contributed by atoms with E-state index in [0.717, 1.165) is 25.8 Å². The summed E-state index contributed by atoms with van der Waals surface area (Å²) in [5.74, 6) is 0.188. The van der Waals surface area contributed by atoms with Gasteiger partial charge in [0, 0.05) is 5.54 Å². The molecule has 0 radical (unpaired) electrons. The normalized spacial score (nSPS) is 16.8. The van der Waals surface area contributed by atoms with Crippen LogP contribution in [0.4, 0.5) is 0 Å². The molecule has 1 N–H and O–H groups in total. The van der Waals surface area contributed by atoms with E-state index in [0.29, 0.717) is 6.61 Å².